The van der Waals surface area contributed by atoms with E-state index < -0.39 is 0 Å². The summed E-state index contributed by atoms with van der Waals surface area (Å²) in [7, 11) is 0. The summed E-state index contributed by atoms with van der Waals surface area (Å²) in [5.74, 6) is 0.121. The lowest BCUT2D eigenvalue weighted by atomic mass is 10.1. The molecule has 2 N–H and O–H groups in total. The third kappa shape index (κ3) is 5.32. The summed E-state index contributed by atoms with van der Waals surface area (Å²) >= 11 is 0. The summed E-state index contributed by atoms with van der Waals surface area (Å²) in [5.41, 5.74) is 1.24. The number of amides is 1. The van der Waals surface area contributed by atoms with Crippen molar-refractivity contribution in [3.8, 4) is 0 Å². The summed E-state index contributed by atoms with van der Waals surface area (Å²) < 4.78 is 12.8. The molecule has 0 radical (unpaired) electrons. The Balaban J connectivity index is 1.82. The second-order valence-electron chi connectivity index (χ2n) is 5.39. The van der Waals surface area contributed by atoms with E-state index in [2.05, 4.69) is 34.7 Å². The van der Waals surface area contributed by atoms with Crippen LogP contribution in [0.2, 0.25) is 0 Å². The molecule has 122 valence electrons. The minimum absolute atomic E-state index is 0.265. The first kappa shape index (κ1) is 16.9. The molecule has 0 saturated carbocycles. The van der Waals surface area contributed by atoms with Crippen molar-refractivity contribution in [1.82, 2.24) is 15.5 Å². The molecular formula is C17H21FN4O. The van der Waals surface area contributed by atoms with E-state index in [0.717, 1.165) is 12.0 Å². The molecule has 0 fully saturated rings. The molecule has 2 aromatic rings. The minimum Gasteiger partial charge on any atom is -0.366 e. The predicted molar refractivity (Wildman–Crippen MR) is 87.8 cm³/mol. The quantitative estimate of drug-likeness (QED) is 0.824. The molecule has 1 amide bonds. The smallest absolute Gasteiger partial charge is 0.271 e. The van der Waals surface area contributed by atoms with Crippen LogP contribution in [0.25, 0.3) is 0 Å². The summed E-state index contributed by atoms with van der Waals surface area (Å²) in [6.45, 7) is 4.59. The van der Waals surface area contributed by atoms with Crippen molar-refractivity contribution in [3.63, 3.8) is 0 Å². The van der Waals surface area contributed by atoms with Crippen molar-refractivity contribution in [3.05, 3.63) is 53.5 Å². The first-order chi connectivity index (χ1) is 11.1. The second-order valence-corrected chi connectivity index (χ2v) is 5.39. The van der Waals surface area contributed by atoms with E-state index >= 15 is 0 Å². The zero-order valence-electron chi connectivity index (χ0n) is 13.3. The van der Waals surface area contributed by atoms with Crippen molar-refractivity contribution in [2.45, 2.75) is 32.7 Å². The standard InChI is InChI=1S/C17H21FN4O/c1-3-12(2)20-16-9-8-15(21-22-16)17(23)19-11-10-13-4-6-14(18)7-5-13/h4-9,12H,3,10-11H2,1-2H3,(H,19,23)(H,20,22). The molecule has 6 heteroatoms. The number of nitrogens with one attached hydrogen (secondary N) is 2. The van der Waals surface area contributed by atoms with Gasteiger partial charge in [0.2, 0.25) is 0 Å². The normalized spacial score (nSPS) is 11.8. The molecule has 0 bridgehead atoms. The van der Waals surface area contributed by atoms with E-state index in [4.69, 9.17) is 0 Å². The van der Waals surface area contributed by atoms with E-state index in [-0.39, 0.29) is 17.4 Å². The molecule has 1 aromatic carbocycles. The van der Waals surface area contributed by atoms with Gasteiger partial charge in [-0.25, -0.2) is 4.39 Å². The molecule has 0 saturated heterocycles. The first-order valence-electron chi connectivity index (χ1n) is 7.71. The van der Waals surface area contributed by atoms with E-state index in [1.807, 2.05) is 0 Å². The number of aromatic nitrogens is 2. The maximum Gasteiger partial charge on any atom is 0.271 e. The van der Waals surface area contributed by atoms with Crippen LogP contribution in [-0.4, -0.2) is 28.7 Å². The molecule has 1 atom stereocenters. The molecular weight excluding hydrogens is 295 g/mol. The molecule has 0 aliphatic rings. The fourth-order valence-electron chi connectivity index (χ4n) is 1.95. The van der Waals surface area contributed by atoms with Crippen molar-refractivity contribution in [2.75, 3.05) is 11.9 Å². The van der Waals surface area contributed by atoms with Crippen LogP contribution in [0.4, 0.5) is 10.2 Å². The number of carbonyl (C=O) groups excluding carboxylic acids is 1. The van der Waals surface area contributed by atoms with Crippen LogP contribution in [0, 0.1) is 5.82 Å². The first-order valence-corrected chi connectivity index (χ1v) is 7.71. The number of benzene rings is 1. The summed E-state index contributed by atoms with van der Waals surface area (Å²) in [5, 5.41) is 13.9. The van der Waals surface area contributed by atoms with Gasteiger partial charge in [0.1, 0.15) is 11.6 Å². The molecule has 0 aliphatic carbocycles. The van der Waals surface area contributed by atoms with E-state index in [1.165, 1.54) is 12.1 Å². The van der Waals surface area contributed by atoms with Crippen LogP contribution in [0.15, 0.2) is 36.4 Å². The van der Waals surface area contributed by atoms with Crippen molar-refractivity contribution in [2.24, 2.45) is 0 Å². The average molecular weight is 316 g/mol. The zero-order valence-corrected chi connectivity index (χ0v) is 13.3. The third-order valence-electron chi connectivity index (χ3n) is 3.52. The van der Waals surface area contributed by atoms with Crippen LogP contribution in [-0.2, 0) is 6.42 Å². The summed E-state index contributed by atoms with van der Waals surface area (Å²) in [6.07, 6.45) is 1.61. The number of halogens is 1. The highest BCUT2D eigenvalue weighted by Crippen LogP contribution is 2.06. The summed E-state index contributed by atoms with van der Waals surface area (Å²) in [4.78, 5) is 12.0. The highest BCUT2D eigenvalue weighted by molar-refractivity contribution is 5.92. The molecule has 1 unspecified atom stereocenters. The van der Waals surface area contributed by atoms with Crippen molar-refractivity contribution in [1.29, 1.82) is 0 Å². The van der Waals surface area contributed by atoms with Crippen molar-refractivity contribution < 1.29 is 9.18 Å². The topological polar surface area (TPSA) is 66.9 Å². The molecule has 5 nitrogen and oxygen atoms in total. The van der Waals surface area contributed by atoms with Gasteiger partial charge in [-0.2, -0.15) is 0 Å². The Hall–Kier alpha value is -2.50. The Morgan fingerprint density at radius 3 is 2.52 bits per heavy atom. The maximum atomic E-state index is 12.8. The largest absolute Gasteiger partial charge is 0.366 e. The second kappa shape index (κ2) is 8.22. The van der Waals surface area contributed by atoms with Gasteiger partial charge in [0.25, 0.3) is 5.91 Å². The number of nitrogens with zero attached hydrogens (tertiary/aromatic N) is 2. The van der Waals surface area contributed by atoms with Crippen molar-refractivity contribution >= 4 is 11.7 Å². The molecule has 0 aliphatic heterocycles. The van der Waals surface area contributed by atoms with Crippen LogP contribution in [0.3, 0.4) is 0 Å². The van der Waals surface area contributed by atoms with Crippen LogP contribution in [0.5, 0.6) is 0 Å². The molecule has 2 rings (SSSR count). The number of hydrogen-bond acceptors (Lipinski definition) is 4. The van der Waals surface area contributed by atoms with Crippen LogP contribution < -0.4 is 10.6 Å². The fraction of sp³-hybridized carbons (Fsp3) is 0.353. The molecule has 23 heavy (non-hydrogen) atoms. The average Bonchev–Trinajstić information content (AvgIpc) is 2.57. The Labute approximate surface area is 135 Å². The number of rotatable bonds is 7. The van der Waals surface area contributed by atoms with E-state index in [1.54, 1.807) is 24.3 Å². The van der Waals surface area contributed by atoms with Crippen LogP contribution in [0.1, 0.15) is 36.3 Å². The number of hydrogen-bond donors (Lipinski definition) is 2. The van der Waals surface area contributed by atoms with Crippen LogP contribution >= 0.6 is 0 Å². The summed E-state index contributed by atoms with van der Waals surface area (Å²) in [6, 6.07) is 9.92. The monoisotopic (exact) mass is 316 g/mol. The Morgan fingerprint density at radius 2 is 1.91 bits per heavy atom. The highest BCUT2D eigenvalue weighted by atomic mass is 19.1. The molecule has 1 aromatic heterocycles. The van der Waals surface area contributed by atoms with Gasteiger partial charge in [-0.15, -0.1) is 10.2 Å². The van der Waals surface area contributed by atoms with Gasteiger partial charge in [0, 0.05) is 12.6 Å². The predicted octanol–water partition coefficient (Wildman–Crippen LogP) is 2.80. The van der Waals surface area contributed by atoms with Gasteiger partial charge >= 0.3 is 0 Å². The van der Waals surface area contributed by atoms with Gasteiger partial charge in [-0.05, 0) is 49.6 Å². The minimum atomic E-state index is -0.269. The van der Waals surface area contributed by atoms with Gasteiger partial charge in [-0.1, -0.05) is 19.1 Å². The van der Waals surface area contributed by atoms with E-state index in [0.29, 0.717) is 24.8 Å². The SMILES string of the molecule is CCC(C)Nc1ccc(C(=O)NCCc2ccc(F)cc2)nn1. The van der Waals surface area contributed by atoms with Gasteiger partial charge in [-0.3, -0.25) is 4.79 Å². The number of carbonyl (C=O) groups is 1. The lowest BCUT2D eigenvalue weighted by Crippen LogP contribution is -2.27. The Bertz CT molecular complexity index is 628. The molecule has 1 heterocycles. The lowest BCUT2D eigenvalue weighted by Gasteiger charge is -2.11. The maximum absolute atomic E-state index is 12.8. The fourth-order valence-corrected chi connectivity index (χ4v) is 1.95. The third-order valence-corrected chi connectivity index (χ3v) is 3.52. The molecule has 0 spiro atoms. The number of anilines is 1. The zero-order chi connectivity index (χ0) is 16.7. The Morgan fingerprint density at radius 1 is 1.17 bits per heavy atom. The Kier molecular flexibility index (Phi) is 6.02. The van der Waals surface area contributed by atoms with Gasteiger partial charge in [0.15, 0.2) is 5.69 Å². The highest BCUT2D eigenvalue weighted by Gasteiger charge is 2.08. The van der Waals surface area contributed by atoms with Gasteiger partial charge in [0.05, 0.1) is 0 Å². The lowest BCUT2D eigenvalue weighted by molar-refractivity contribution is 0.0948. The van der Waals surface area contributed by atoms with E-state index in [9.17, 15) is 9.18 Å². The van der Waals surface area contributed by atoms with Gasteiger partial charge < -0.3 is 10.6 Å².